The molecule has 1 aromatic rings. The predicted octanol–water partition coefficient (Wildman–Crippen LogP) is 2.43. The lowest BCUT2D eigenvalue weighted by Crippen LogP contribution is -2.63. The van der Waals surface area contributed by atoms with E-state index in [9.17, 15) is 0 Å². The quantitative estimate of drug-likeness (QED) is 0.867. The van der Waals surface area contributed by atoms with E-state index in [1.807, 2.05) is 6.20 Å². The molecule has 4 heteroatoms. The third-order valence-electron chi connectivity index (χ3n) is 4.91. The third kappa shape index (κ3) is 3.41. The van der Waals surface area contributed by atoms with Gasteiger partial charge in [-0.3, -0.25) is 4.90 Å². The van der Waals surface area contributed by atoms with Gasteiger partial charge in [-0.05, 0) is 26.7 Å². The Morgan fingerprint density at radius 3 is 2.80 bits per heavy atom. The predicted molar refractivity (Wildman–Crippen MR) is 83.9 cm³/mol. The molecule has 1 aliphatic rings. The summed E-state index contributed by atoms with van der Waals surface area (Å²) < 4.78 is 2.26. The van der Waals surface area contributed by atoms with Gasteiger partial charge in [0.25, 0.3) is 0 Å². The summed E-state index contributed by atoms with van der Waals surface area (Å²) in [5.74, 6) is 1.11. The maximum absolute atomic E-state index is 4.31. The molecule has 0 aromatic carbocycles. The van der Waals surface area contributed by atoms with E-state index in [-0.39, 0.29) is 0 Å². The third-order valence-corrected chi connectivity index (χ3v) is 4.91. The van der Waals surface area contributed by atoms with E-state index in [4.69, 9.17) is 0 Å². The smallest absolute Gasteiger partial charge is 0.105 e. The minimum absolute atomic E-state index is 0.290. The Morgan fingerprint density at radius 1 is 1.40 bits per heavy atom. The average molecular weight is 278 g/mol. The molecule has 2 heterocycles. The topological polar surface area (TPSA) is 33.1 Å². The molecule has 1 aliphatic heterocycles. The lowest BCUT2D eigenvalue weighted by molar-refractivity contribution is 0.0437. The zero-order chi connectivity index (χ0) is 14.6. The SMILES string of the molecule is CCCC1CN(CCn2ccnc2C)C(C)(CC)CN1. The molecular formula is C16H30N4. The summed E-state index contributed by atoms with van der Waals surface area (Å²) in [6.07, 6.45) is 7.72. The van der Waals surface area contributed by atoms with Gasteiger partial charge in [-0.2, -0.15) is 0 Å². The molecule has 4 nitrogen and oxygen atoms in total. The van der Waals surface area contributed by atoms with Gasteiger partial charge in [-0.1, -0.05) is 20.3 Å². The molecule has 2 unspecified atom stereocenters. The van der Waals surface area contributed by atoms with Gasteiger partial charge in [0.2, 0.25) is 0 Å². The summed E-state index contributed by atoms with van der Waals surface area (Å²) in [6, 6.07) is 0.656. The van der Waals surface area contributed by atoms with Crippen LogP contribution in [0.15, 0.2) is 12.4 Å². The number of aromatic nitrogens is 2. The van der Waals surface area contributed by atoms with Gasteiger partial charge in [-0.25, -0.2) is 4.98 Å². The Morgan fingerprint density at radius 2 is 2.20 bits per heavy atom. The molecule has 1 aromatic heterocycles. The standard InChI is InChI=1S/C16H30N4/c1-5-7-15-12-20(16(4,6-2)13-18-15)11-10-19-9-8-17-14(19)3/h8-9,15,18H,5-7,10-13H2,1-4H3. The van der Waals surface area contributed by atoms with E-state index in [0.29, 0.717) is 11.6 Å². The largest absolute Gasteiger partial charge is 0.334 e. The van der Waals surface area contributed by atoms with Crippen molar-refractivity contribution in [3.05, 3.63) is 18.2 Å². The number of piperazine rings is 1. The molecule has 0 spiro atoms. The van der Waals surface area contributed by atoms with Crippen molar-refractivity contribution in [2.24, 2.45) is 0 Å². The van der Waals surface area contributed by atoms with Crippen LogP contribution in [0.3, 0.4) is 0 Å². The van der Waals surface area contributed by atoms with Crippen molar-refractivity contribution in [1.29, 1.82) is 0 Å². The zero-order valence-corrected chi connectivity index (χ0v) is 13.5. The first kappa shape index (κ1) is 15.5. The normalized spacial score (nSPS) is 27.9. The van der Waals surface area contributed by atoms with Gasteiger partial charge in [-0.15, -0.1) is 0 Å². The highest BCUT2D eigenvalue weighted by Crippen LogP contribution is 2.24. The summed E-state index contributed by atoms with van der Waals surface area (Å²) in [6.45, 7) is 13.5. The van der Waals surface area contributed by atoms with Gasteiger partial charge in [0.05, 0.1) is 0 Å². The van der Waals surface area contributed by atoms with Crippen LogP contribution >= 0.6 is 0 Å². The first-order chi connectivity index (χ1) is 9.59. The maximum atomic E-state index is 4.31. The Kier molecular flexibility index (Phi) is 5.22. The number of hydrogen-bond acceptors (Lipinski definition) is 3. The highest BCUT2D eigenvalue weighted by Gasteiger charge is 2.35. The first-order valence-corrected chi connectivity index (χ1v) is 8.05. The maximum Gasteiger partial charge on any atom is 0.105 e. The van der Waals surface area contributed by atoms with Crippen LogP contribution in [0.25, 0.3) is 0 Å². The van der Waals surface area contributed by atoms with Crippen molar-refractivity contribution >= 4 is 0 Å². The van der Waals surface area contributed by atoms with Crippen LogP contribution in [0.2, 0.25) is 0 Å². The van der Waals surface area contributed by atoms with Crippen molar-refractivity contribution in [3.8, 4) is 0 Å². The molecule has 0 saturated carbocycles. The molecule has 114 valence electrons. The molecule has 0 aliphatic carbocycles. The fourth-order valence-corrected chi connectivity index (χ4v) is 3.15. The van der Waals surface area contributed by atoms with Crippen LogP contribution < -0.4 is 5.32 Å². The van der Waals surface area contributed by atoms with Gasteiger partial charge in [0.1, 0.15) is 5.82 Å². The van der Waals surface area contributed by atoms with E-state index >= 15 is 0 Å². The highest BCUT2D eigenvalue weighted by atomic mass is 15.3. The molecular weight excluding hydrogens is 248 g/mol. The first-order valence-electron chi connectivity index (χ1n) is 8.05. The van der Waals surface area contributed by atoms with Crippen molar-refractivity contribution in [2.75, 3.05) is 19.6 Å². The van der Waals surface area contributed by atoms with Crippen LogP contribution in [-0.2, 0) is 6.54 Å². The second-order valence-corrected chi connectivity index (χ2v) is 6.33. The molecule has 2 rings (SSSR count). The molecule has 0 amide bonds. The number of imidazole rings is 1. The van der Waals surface area contributed by atoms with Crippen LogP contribution in [0.4, 0.5) is 0 Å². The van der Waals surface area contributed by atoms with Crippen LogP contribution in [0, 0.1) is 6.92 Å². The zero-order valence-electron chi connectivity index (χ0n) is 13.5. The van der Waals surface area contributed by atoms with Gasteiger partial charge >= 0.3 is 0 Å². The summed E-state index contributed by atoms with van der Waals surface area (Å²) in [5, 5.41) is 3.74. The van der Waals surface area contributed by atoms with Crippen LogP contribution in [0.5, 0.6) is 0 Å². The summed E-state index contributed by atoms with van der Waals surface area (Å²) in [7, 11) is 0. The lowest BCUT2D eigenvalue weighted by Gasteiger charge is -2.48. The molecule has 1 fully saturated rings. The second kappa shape index (κ2) is 6.72. The molecule has 0 radical (unpaired) electrons. The van der Waals surface area contributed by atoms with Gasteiger partial charge < -0.3 is 9.88 Å². The monoisotopic (exact) mass is 278 g/mol. The molecule has 0 bridgehead atoms. The van der Waals surface area contributed by atoms with Crippen molar-refractivity contribution in [2.45, 2.75) is 65.1 Å². The van der Waals surface area contributed by atoms with E-state index in [2.05, 4.69) is 53.7 Å². The van der Waals surface area contributed by atoms with Crippen molar-refractivity contribution < 1.29 is 0 Å². The van der Waals surface area contributed by atoms with Gasteiger partial charge in [0.15, 0.2) is 0 Å². The fourth-order valence-electron chi connectivity index (χ4n) is 3.15. The second-order valence-electron chi connectivity index (χ2n) is 6.33. The van der Waals surface area contributed by atoms with E-state index in [1.54, 1.807) is 0 Å². The molecule has 2 atom stereocenters. The number of hydrogen-bond donors (Lipinski definition) is 1. The van der Waals surface area contributed by atoms with Gasteiger partial charge in [0, 0.05) is 50.2 Å². The van der Waals surface area contributed by atoms with E-state index in [0.717, 1.165) is 25.5 Å². The Balaban J connectivity index is 1.98. The number of aryl methyl sites for hydroxylation is 1. The molecule has 1 saturated heterocycles. The van der Waals surface area contributed by atoms with E-state index in [1.165, 1.54) is 25.8 Å². The molecule has 20 heavy (non-hydrogen) atoms. The average Bonchev–Trinajstić information content (AvgIpc) is 2.85. The fraction of sp³-hybridized carbons (Fsp3) is 0.812. The lowest BCUT2D eigenvalue weighted by atomic mass is 9.91. The van der Waals surface area contributed by atoms with E-state index < -0.39 is 0 Å². The molecule has 1 N–H and O–H groups in total. The number of nitrogens with zero attached hydrogens (tertiary/aromatic N) is 3. The van der Waals surface area contributed by atoms with Crippen molar-refractivity contribution in [3.63, 3.8) is 0 Å². The van der Waals surface area contributed by atoms with Crippen molar-refractivity contribution in [1.82, 2.24) is 19.8 Å². The number of nitrogens with one attached hydrogen (secondary N) is 1. The van der Waals surface area contributed by atoms with Crippen LogP contribution in [0.1, 0.15) is 45.9 Å². The highest BCUT2D eigenvalue weighted by molar-refractivity contribution is 4.96. The minimum Gasteiger partial charge on any atom is -0.334 e. The minimum atomic E-state index is 0.290. The summed E-state index contributed by atoms with van der Waals surface area (Å²) in [5.41, 5.74) is 0.290. The Hall–Kier alpha value is -0.870. The Bertz CT molecular complexity index is 414. The Labute approximate surface area is 123 Å². The van der Waals surface area contributed by atoms with Crippen LogP contribution in [-0.4, -0.2) is 45.7 Å². The number of rotatable bonds is 6. The summed E-state index contributed by atoms with van der Waals surface area (Å²) in [4.78, 5) is 7.00. The summed E-state index contributed by atoms with van der Waals surface area (Å²) >= 11 is 0.